The highest BCUT2D eigenvalue weighted by atomic mass is 32.2. The van der Waals surface area contributed by atoms with E-state index >= 15 is 0 Å². The number of benzene rings is 2. The lowest BCUT2D eigenvalue weighted by Crippen LogP contribution is -2.46. The predicted molar refractivity (Wildman–Crippen MR) is 214 cm³/mol. The average molecular weight is 753 g/mol. The standard InChI is InChI=1S/C20H24N2S2.C18H32O2.C4H4O4/c1-21-9-11-22(12-10-21)18-13-15-5-3-4-6-19(15)24-20-8-7-16(23-2)14-17(18)20;19-18(20)16-10-8-6-4-2-1-3-5-7-9-13-17-14-11-12-15-17;5-3(6)1-2-4(7)8/h3-8,14,18H,9-13H2,1-2H3;11,14,17H,1-10,12-13,15-16H2,(H,19,20);1-2H,(H,5,6)(H,7,8). The van der Waals surface area contributed by atoms with Crippen molar-refractivity contribution in [1.82, 2.24) is 9.80 Å². The molecule has 0 radical (unpaired) electrons. The van der Waals surface area contributed by atoms with Gasteiger partial charge in [0.1, 0.15) is 0 Å². The van der Waals surface area contributed by atoms with Crippen LogP contribution in [0.1, 0.15) is 107 Å². The molecule has 0 amide bonds. The Labute approximate surface area is 320 Å². The summed E-state index contributed by atoms with van der Waals surface area (Å²) in [7, 11) is 2.23. The number of fused-ring (bicyclic) bond motifs is 2. The van der Waals surface area contributed by atoms with Crippen molar-refractivity contribution in [1.29, 1.82) is 0 Å². The Morgan fingerprint density at radius 3 is 2.00 bits per heavy atom. The van der Waals surface area contributed by atoms with Crippen molar-refractivity contribution in [2.45, 2.75) is 117 Å². The number of unbranched alkanes of at least 4 members (excludes halogenated alkanes) is 9. The maximum atomic E-state index is 10.3. The van der Waals surface area contributed by atoms with E-state index in [1.165, 1.54) is 110 Å². The summed E-state index contributed by atoms with van der Waals surface area (Å²) in [6, 6.07) is 16.5. The molecule has 1 fully saturated rings. The summed E-state index contributed by atoms with van der Waals surface area (Å²) in [5.41, 5.74) is 3.01. The number of hydrogen-bond acceptors (Lipinski definition) is 7. The van der Waals surface area contributed by atoms with E-state index in [1.54, 1.807) is 0 Å². The predicted octanol–water partition coefficient (Wildman–Crippen LogP) is 9.83. The van der Waals surface area contributed by atoms with Crippen LogP contribution < -0.4 is 0 Å². The van der Waals surface area contributed by atoms with Gasteiger partial charge in [0.15, 0.2) is 0 Å². The van der Waals surface area contributed by atoms with Crippen molar-refractivity contribution in [3.8, 4) is 0 Å². The lowest BCUT2D eigenvalue weighted by atomic mass is 9.96. The third-order valence-electron chi connectivity index (χ3n) is 9.86. The molecule has 0 aromatic heterocycles. The molecule has 5 rings (SSSR count). The Morgan fingerprint density at radius 2 is 1.42 bits per heavy atom. The van der Waals surface area contributed by atoms with E-state index in [9.17, 15) is 14.4 Å². The Balaban J connectivity index is 0.000000236. The van der Waals surface area contributed by atoms with E-state index in [4.69, 9.17) is 15.3 Å². The second-order valence-electron chi connectivity index (χ2n) is 13.9. The SMILES string of the molecule is CSc1ccc2c(c1)C(N1CCN(C)CC1)Cc1ccccc1S2.O=C(O)C=CC(=O)O.O=C(O)CCCCCCCCCCCCC1C=CCC1. The number of hydrogen-bond donors (Lipinski definition) is 3. The molecule has 3 N–H and O–H groups in total. The van der Waals surface area contributed by atoms with E-state index in [2.05, 4.69) is 77.7 Å². The van der Waals surface area contributed by atoms with Gasteiger partial charge in [0, 0.05) is 65.5 Å². The molecule has 286 valence electrons. The number of rotatable bonds is 17. The quantitative estimate of drug-likeness (QED) is 0.0624. The highest BCUT2D eigenvalue weighted by Gasteiger charge is 2.29. The van der Waals surface area contributed by atoms with Gasteiger partial charge in [-0.1, -0.05) is 99.9 Å². The fraction of sp³-hybridized carbons (Fsp3) is 0.548. The minimum absolute atomic E-state index is 0.343. The van der Waals surface area contributed by atoms with Gasteiger partial charge in [-0.05, 0) is 86.7 Å². The van der Waals surface area contributed by atoms with Gasteiger partial charge in [-0.25, -0.2) is 9.59 Å². The highest BCUT2D eigenvalue weighted by molar-refractivity contribution is 7.99. The van der Waals surface area contributed by atoms with Gasteiger partial charge in [-0.3, -0.25) is 9.69 Å². The Hall–Kier alpha value is -3.05. The van der Waals surface area contributed by atoms with E-state index in [0.29, 0.717) is 24.6 Å². The number of nitrogens with zero attached hydrogens (tertiary/aromatic N) is 2. The van der Waals surface area contributed by atoms with Gasteiger partial charge < -0.3 is 20.2 Å². The number of piperazine rings is 1. The first-order valence-corrected chi connectivity index (χ1v) is 21.1. The third-order valence-corrected chi connectivity index (χ3v) is 11.8. The molecule has 10 heteroatoms. The molecular formula is C42H60N2O6S2. The Bertz CT molecular complexity index is 1420. The van der Waals surface area contributed by atoms with Crippen LogP contribution in [-0.4, -0.2) is 82.5 Å². The Kier molecular flexibility index (Phi) is 20.9. The summed E-state index contributed by atoms with van der Waals surface area (Å²) < 4.78 is 0. The summed E-state index contributed by atoms with van der Waals surface area (Å²) in [6.07, 6.45) is 26.3. The average Bonchev–Trinajstić information content (AvgIpc) is 3.60. The molecule has 52 heavy (non-hydrogen) atoms. The van der Waals surface area contributed by atoms with Crippen LogP contribution in [0.5, 0.6) is 0 Å². The van der Waals surface area contributed by atoms with Crippen LogP contribution in [0.4, 0.5) is 0 Å². The summed E-state index contributed by atoms with van der Waals surface area (Å²) in [6.45, 7) is 4.67. The summed E-state index contributed by atoms with van der Waals surface area (Å²) in [5, 5.41) is 24.1. The van der Waals surface area contributed by atoms with Crippen LogP contribution in [0.15, 0.2) is 81.5 Å². The number of likely N-dealkylation sites (N-methyl/N-ethyl adjacent to an activating group) is 1. The molecule has 0 spiro atoms. The Morgan fingerprint density at radius 1 is 0.808 bits per heavy atom. The van der Waals surface area contributed by atoms with E-state index in [0.717, 1.165) is 38.3 Å². The number of carboxylic acids is 3. The zero-order valence-electron chi connectivity index (χ0n) is 31.2. The maximum Gasteiger partial charge on any atom is 0.328 e. The molecule has 0 bridgehead atoms. The van der Waals surface area contributed by atoms with Crippen molar-refractivity contribution in [3.63, 3.8) is 0 Å². The lowest BCUT2D eigenvalue weighted by molar-refractivity contribution is -0.137. The summed E-state index contributed by atoms with van der Waals surface area (Å²) in [5.74, 6) is -2.28. The molecule has 3 aliphatic rings. The molecule has 2 heterocycles. The lowest BCUT2D eigenvalue weighted by Gasteiger charge is -2.38. The van der Waals surface area contributed by atoms with Gasteiger partial charge in [0.05, 0.1) is 0 Å². The second kappa shape index (κ2) is 25.1. The number of aliphatic carboxylic acids is 3. The molecule has 8 nitrogen and oxygen atoms in total. The molecular weight excluding hydrogens is 693 g/mol. The zero-order chi connectivity index (χ0) is 37.6. The van der Waals surface area contributed by atoms with Crippen molar-refractivity contribution >= 4 is 41.4 Å². The van der Waals surface area contributed by atoms with Crippen molar-refractivity contribution in [3.05, 3.63) is 77.9 Å². The molecule has 2 aromatic carbocycles. The number of carbonyl (C=O) groups is 3. The summed E-state index contributed by atoms with van der Waals surface area (Å²) in [4.78, 5) is 38.8. The van der Waals surface area contributed by atoms with E-state index in [-0.39, 0.29) is 0 Å². The van der Waals surface area contributed by atoms with Gasteiger partial charge in [-0.2, -0.15) is 0 Å². The number of carboxylic acid groups (broad SMARTS) is 3. The van der Waals surface area contributed by atoms with E-state index < -0.39 is 17.9 Å². The molecule has 2 aromatic rings. The van der Waals surface area contributed by atoms with Gasteiger partial charge in [0.2, 0.25) is 0 Å². The van der Waals surface area contributed by atoms with Crippen LogP contribution in [0.25, 0.3) is 0 Å². The maximum absolute atomic E-state index is 10.3. The number of allylic oxidation sites excluding steroid dienone is 2. The smallest absolute Gasteiger partial charge is 0.328 e. The molecule has 2 aliphatic heterocycles. The molecule has 1 aliphatic carbocycles. The normalized spacial score (nSPS) is 18.3. The number of thioether (sulfide) groups is 1. The molecule has 2 unspecified atom stereocenters. The van der Waals surface area contributed by atoms with Gasteiger partial charge >= 0.3 is 17.9 Å². The second-order valence-corrected chi connectivity index (χ2v) is 15.9. The van der Waals surface area contributed by atoms with Crippen LogP contribution in [0.3, 0.4) is 0 Å². The molecule has 1 saturated heterocycles. The van der Waals surface area contributed by atoms with Crippen LogP contribution in [-0.2, 0) is 20.8 Å². The topological polar surface area (TPSA) is 118 Å². The van der Waals surface area contributed by atoms with Crippen LogP contribution in [0, 0.1) is 5.92 Å². The largest absolute Gasteiger partial charge is 0.481 e. The van der Waals surface area contributed by atoms with Crippen LogP contribution in [0.2, 0.25) is 0 Å². The van der Waals surface area contributed by atoms with Gasteiger partial charge in [-0.15, -0.1) is 11.8 Å². The van der Waals surface area contributed by atoms with Crippen molar-refractivity contribution in [2.24, 2.45) is 5.92 Å². The van der Waals surface area contributed by atoms with Crippen molar-refractivity contribution < 1.29 is 29.7 Å². The first-order chi connectivity index (χ1) is 25.2. The minimum Gasteiger partial charge on any atom is -0.481 e. The van der Waals surface area contributed by atoms with Gasteiger partial charge in [0.25, 0.3) is 0 Å². The molecule has 2 atom stereocenters. The zero-order valence-corrected chi connectivity index (χ0v) is 32.9. The minimum atomic E-state index is -1.26. The van der Waals surface area contributed by atoms with Crippen molar-refractivity contribution in [2.75, 3.05) is 39.5 Å². The summed E-state index contributed by atoms with van der Waals surface area (Å²) >= 11 is 3.79. The first-order valence-electron chi connectivity index (χ1n) is 19.0. The molecule has 0 saturated carbocycles. The van der Waals surface area contributed by atoms with E-state index in [1.807, 2.05) is 23.5 Å². The first kappa shape index (κ1) is 43.4. The highest BCUT2D eigenvalue weighted by Crippen LogP contribution is 2.44. The monoisotopic (exact) mass is 752 g/mol. The fourth-order valence-electron chi connectivity index (χ4n) is 6.85. The van der Waals surface area contributed by atoms with Crippen LogP contribution >= 0.6 is 23.5 Å². The fourth-order valence-corrected chi connectivity index (χ4v) is 8.41. The third kappa shape index (κ3) is 17.2.